The summed E-state index contributed by atoms with van der Waals surface area (Å²) in [5.41, 5.74) is -0.296. The standard InChI is InChI=1S/C26H19Cl2F3N2O3/c1-2-35-23-12-16(11-22(28)24(23)36-15-17-6-3-4-9-21(17)27)10-18(14-32)25(34)33-20-8-5-7-19(13-20)26(29,30)31/h3-13H,2,15H2,1H3,(H,33,34)/b18-10+. The third-order valence-electron chi connectivity index (χ3n) is 4.79. The number of benzene rings is 3. The minimum absolute atomic E-state index is 0.104. The Morgan fingerprint density at radius 3 is 2.47 bits per heavy atom. The zero-order chi connectivity index (χ0) is 26.3. The van der Waals surface area contributed by atoms with Crippen LogP contribution in [0.2, 0.25) is 10.0 Å². The SMILES string of the molecule is CCOc1cc(/C=C(\C#N)C(=O)Nc2cccc(C(F)(F)F)c2)cc(Cl)c1OCc1ccccc1Cl. The van der Waals surface area contributed by atoms with Gasteiger partial charge in [0.2, 0.25) is 0 Å². The highest BCUT2D eigenvalue weighted by Gasteiger charge is 2.30. The van der Waals surface area contributed by atoms with Gasteiger partial charge in [0, 0.05) is 16.3 Å². The fourth-order valence-corrected chi connectivity index (χ4v) is 3.59. The Hall–Kier alpha value is -3.67. The van der Waals surface area contributed by atoms with E-state index in [9.17, 15) is 23.2 Å². The van der Waals surface area contributed by atoms with E-state index in [0.29, 0.717) is 10.6 Å². The van der Waals surface area contributed by atoms with Crippen LogP contribution in [0.3, 0.4) is 0 Å². The fraction of sp³-hybridized carbons (Fsp3) is 0.154. The van der Waals surface area contributed by atoms with Gasteiger partial charge in [0.15, 0.2) is 11.5 Å². The van der Waals surface area contributed by atoms with E-state index in [1.807, 2.05) is 6.07 Å². The lowest BCUT2D eigenvalue weighted by Crippen LogP contribution is -2.14. The Morgan fingerprint density at radius 1 is 1.06 bits per heavy atom. The zero-order valence-corrected chi connectivity index (χ0v) is 20.3. The second-order valence-electron chi connectivity index (χ2n) is 7.35. The van der Waals surface area contributed by atoms with E-state index >= 15 is 0 Å². The number of hydrogen-bond donors (Lipinski definition) is 1. The monoisotopic (exact) mass is 534 g/mol. The van der Waals surface area contributed by atoms with E-state index in [1.54, 1.807) is 31.2 Å². The molecule has 0 aliphatic rings. The summed E-state index contributed by atoms with van der Waals surface area (Å²) in [7, 11) is 0. The highest BCUT2D eigenvalue weighted by molar-refractivity contribution is 6.32. The van der Waals surface area contributed by atoms with Gasteiger partial charge in [0.1, 0.15) is 18.2 Å². The maximum atomic E-state index is 12.9. The largest absolute Gasteiger partial charge is 0.490 e. The molecule has 0 saturated carbocycles. The van der Waals surface area contributed by atoms with Crippen LogP contribution in [-0.2, 0) is 17.6 Å². The predicted molar refractivity (Wildman–Crippen MR) is 132 cm³/mol. The average molecular weight is 535 g/mol. The Kier molecular flexibility index (Phi) is 8.86. The number of ether oxygens (including phenoxy) is 2. The zero-order valence-electron chi connectivity index (χ0n) is 18.8. The van der Waals surface area contributed by atoms with Gasteiger partial charge in [-0.3, -0.25) is 4.79 Å². The van der Waals surface area contributed by atoms with Crippen molar-refractivity contribution in [3.05, 3.63) is 93.0 Å². The van der Waals surface area contributed by atoms with Crippen LogP contribution in [-0.4, -0.2) is 12.5 Å². The number of alkyl halides is 3. The lowest BCUT2D eigenvalue weighted by Gasteiger charge is -2.15. The molecule has 1 amide bonds. The van der Waals surface area contributed by atoms with E-state index in [0.717, 1.165) is 23.8 Å². The third kappa shape index (κ3) is 6.94. The third-order valence-corrected chi connectivity index (χ3v) is 5.43. The van der Waals surface area contributed by atoms with Crippen molar-refractivity contribution in [1.29, 1.82) is 5.26 Å². The van der Waals surface area contributed by atoms with Crippen molar-refractivity contribution in [3.8, 4) is 17.6 Å². The molecular weight excluding hydrogens is 516 g/mol. The summed E-state index contributed by atoms with van der Waals surface area (Å²) in [6.07, 6.45) is -3.33. The van der Waals surface area contributed by atoms with Crippen LogP contribution < -0.4 is 14.8 Å². The number of carbonyl (C=O) groups excluding carboxylic acids is 1. The van der Waals surface area contributed by atoms with Gasteiger partial charge < -0.3 is 14.8 Å². The molecule has 0 spiro atoms. The molecule has 10 heteroatoms. The number of anilines is 1. The molecule has 0 unspecified atom stereocenters. The molecule has 5 nitrogen and oxygen atoms in total. The smallest absolute Gasteiger partial charge is 0.416 e. The molecule has 0 aliphatic carbocycles. The van der Waals surface area contributed by atoms with Gasteiger partial charge in [0.05, 0.1) is 17.2 Å². The number of hydrogen-bond acceptors (Lipinski definition) is 4. The van der Waals surface area contributed by atoms with Crippen molar-refractivity contribution < 1.29 is 27.4 Å². The molecule has 0 heterocycles. The molecule has 0 saturated heterocycles. The summed E-state index contributed by atoms with van der Waals surface area (Å²) in [5, 5.41) is 12.5. The first-order chi connectivity index (χ1) is 17.1. The molecule has 186 valence electrons. The lowest BCUT2D eigenvalue weighted by molar-refractivity contribution is -0.137. The number of amides is 1. The summed E-state index contributed by atoms with van der Waals surface area (Å²) < 4.78 is 50.3. The van der Waals surface area contributed by atoms with Crippen molar-refractivity contribution >= 4 is 40.9 Å². The lowest BCUT2D eigenvalue weighted by atomic mass is 10.1. The molecule has 0 aliphatic heterocycles. The van der Waals surface area contributed by atoms with Crippen LogP contribution in [0.1, 0.15) is 23.6 Å². The first-order valence-electron chi connectivity index (χ1n) is 10.5. The van der Waals surface area contributed by atoms with Crippen LogP contribution in [0.15, 0.2) is 66.2 Å². The number of nitrogens with zero attached hydrogens (tertiary/aromatic N) is 1. The van der Waals surface area contributed by atoms with Gasteiger partial charge in [-0.05, 0) is 55.0 Å². The number of halogens is 5. The van der Waals surface area contributed by atoms with Crippen LogP contribution in [0.5, 0.6) is 11.5 Å². The molecule has 0 bridgehead atoms. The summed E-state index contributed by atoms with van der Waals surface area (Å²) >= 11 is 12.6. The van der Waals surface area contributed by atoms with Crippen LogP contribution >= 0.6 is 23.2 Å². The highest BCUT2D eigenvalue weighted by atomic mass is 35.5. The minimum Gasteiger partial charge on any atom is -0.490 e. The van der Waals surface area contributed by atoms with E-state index in [-0.39, 0.29) is 41.0 Å². The minimum atomic E-state index is -4.57. The quantitative estimate of drug-likeness (QED) is 0.239. The van der Waals surface area contributed by atoms with Crippen molar-refractivity contribution in [2.45, 2.75) is 19.7 Å². The Bertz CT molecular complexity index is 1330. The second kappa shape index (κ2) is 11.8. The van der Waals surface area contributed by atoms with E-state index < -0.39 is 17.6 Å². The molecule has 36 heavy (non-hydrogen) atoms. The van der Waals surface area contributed by atoms with Gasteiger partial charge >= 0.3 is 6.18 Å². The van der Waals surface area contributed by atoms with Crippen LogP contribution in [0.4, 0.5) is 18.9 Å². The first-order valence-corrected chi connectivity index (χ1v) is 11.3. The van der Waals surface area contributed by atoms with E-state index in [2.05, 4.69) is 5.32 Å². The summed E-state index contributed by atoms with van der Waals surface area (Å²) in [4.78, 5) is 12.6. The first kappa shape index (κ1) is 26.9. The molecule has 3 rings (SSSR count). The van der Waals surface area contributed by atoms with Crippen molar-refractivity contribution in [2.24, 2.45) is 0 Å². The maximum Gasteiger partial charge on any atom is 0.416 e. The summed E-state index contributed by atoms with van der Waals surface area (Å²) in [5.74, 6) is -0.355. The molecule has 3 aromatic rings. The summed E-state index contributed by atoms with van der Waals surface area (Å²) in [6.45, 7) is 2.17. The number of nitrogens with one attached hydrogen (secondary N) is 1. The molecular formula is C26H19Cl2F3N2O3. The second-order valence-corrected chi connectivity index (χ2v) is 8.16. The van der Waals surface area contributed by atoms with Crippen molar-refractivity contribution in [1.82, 2.24) is 0 Å². The number of rotatable bonds is 8. The van der Waals surface area contributed by atoms with Gasteiger partial charge in [0.25, 0.3) is 5.91 Å². The number of nitriles is 1. The van der Waals surface area contributed by atoms with Gasteiger partial charge in [-0.25, -0.2) is 0 Å². The Balaban J connectivity index is 1.85. The Morgan fingerprint density at radius 2 is 1.81 bits per heavy atom. The van der Waals surface area contributed by atoms with Crippen LogP contribution in [0, 0.1) is 11.3 Å². The van der Waals surface area contributed by atoms with E-state index in [1.165, 1.54) is 24.3 Å². The molecule has 3 aromatic carbocycles. The normalized spacial score (nSPS) is 11.5. The highest BCUT2D eigenvalue weighted by Crippen LogP contribution is 2.38. The summed E-state index contributed by atoms with van der Waals surface area (Å²) in [6, 6.07) is 16.0. The van der Waals surface area contributed by atoms with Gasteiger partial charge in [-0.2, -0.15) is 18.4 Å². The average Bonchev–Trinajstić information content (AvgIpc) is 2.83. The fourth-order valence-electron chi connectivity index (χ4n) is 3.13. The molecule has 0 atom stereocenters. The topological polar surface area (TPSA) is 71.3 Å². The van der Waals surface area contributed by atoms with Gasteiger partial charge in [-0.1, -0.05) is 47.5 Å². The molecule has 0 fully saturated rings. The van der Waals surface area contributed by atoms with Crippen molar-refractivity contribution in [2.75, 3.05) is 11.9 Å². The van der Waals surface area contributed by atoms with E-state index in [4.69, 9.17) is 32.7 Å². The van der Waals surface area contributed by atoms with Crippen molar-refractivity contribution in [3.63, 3.8) is 0 Å². The molecule has 1 N–H and O–H groups in total. The molecule has 0 radical (unpaired) electrons. The Labute approximate surface area is 215 Å². The van der Waals surface area contributed by atoms with Gasteiger partial charge in [-0.15, -0.1) is 0 Å². The van der Waals surface area contributed by atoms with Crippen LogP contribution in [0.25, 0.3) is 6.08 Å². The maximum absolute atomic E-state index is 12.9. The molecule has 0 aromatic heterocycles. The number of carbonyl (C=O) groups is 1. The predicted octanol–water partition coefficient (Wildman–Crippen LogP) is 7.54.